The van der Waals surface area contributed by atoms with Crippen molar-refractivity contribution in [3.63, 3.8) is 0 Å². The van der Waals surface area contributed by atoms with Crippen molar-refractivity contribution in [2.75, 3.05) is 12.3 Å². The minimum Gasteiger partial charge on any atom is -0.355 e. The molecule has 1 aromatic rings. The molecule has 1 N–H and O–H groups in total. The third-order valence-corrected chi connectivity index (χ3v) is 5.67. The van der Waals surface area contributed by atoms with Gasteiger partial charge < -0.3 is 5.32 Å². The smallest absolute Gasteiger partial charge is 0.233 e. The first-order valence-corrected chi connectivity index (χ1v) is 8.38. The fraction of sp³-hybridized carbons (Fsp3) is 0.700. The topological polar surface area (TPSA) is 54.9 Å². The maximum absolute atomic E-state index is 11.8. The fourth-order valence-electron chi connectivity index (χ4n) is 1.57. The number of hydrogen-bond donors (Lipinski definition) is 1. The van der Waals surface area contributed by atoms with Gasteiger partial charge in [-0.25, -0.2) is 0 Å². The van der Waals surface area contributed by atoms with Crippen LogP contribution in [0.1, 0.15) is 26.2 Å². The first kappa shape index (κ1) is 13.2. The van der Waals surface area contributed by atoms with Gasteiger partial charge in [-0.05, 0) is 18.6 Å². The fourth-order valence-corrected chi connectivity index (χ4v) is 4.80. The molecule has 0 bridgehead atoms. The Hall–Kier alpha value is -0.270. The van der Waals surface area contributed by atoms with Crippen LogP contribution in [0.4, 0.5) is 0 Å². The van der Waals surface area contributed by atoms with E-state index in [1.165, 1.54) is 0 Å². The molecule has 4 nitrogen and oxygen atoms in total. The Morgan fingerprint density at radius 2 is 2.24 bits per heavy atom. The van der Waals surface area contributed by atoms with Crippen LogP contribution in [-0.2, 0) is 4.79 Å². The van der Waals surface area contributed by atoms with E-state index in [1.807, 2.05) is 0 Å². The second kappa shape index (κ2) is 6.61. The third kappa shape index (κ3) is 3.86. The molecule has 1 fully saturated rings. The molecule has 0 radical (unpaired) electrons. The van der Waals surface area contributed by atoms with Crippen LogP contribution < -0.4 is 5.32 Å². The van der Waals surface area contributed by atoms with Crippen LogP contribution in [0.3, 0.4) is 0 Å². The van der Waals surface area contributed by atoms with Crippen molar-refractivity contribution in [1.29, 1.82) is 0 Å². The van der Waals surface area contributed by atoms with E-state index in [2.05, 4.69) is 22.4 Å². The highest BCUT2D eigenvalue weighted by Crippen LogP contribution is 2.33. The molecule has 17 heavy (non-hydrogen) atoms. The normalized spacial score (nSPS) is 21.0. The zero-order valence-corrected chi connectivity index (χ0v) is 12.1. The van der Waals surface area contributed by atoms with Crippen molar-refractivity contribution in [2.45, 2.75) is 40.1 Å². The molecular weight excluding hydrogens is 274 g/mol. The van der Waals surface area contributed by atoms with E-state index in [9.17, 15) is 4.79 Å². The molecule has 1 aliphatic heterocycles. The van der Waals surface area contributed by atoms with Crippen molar-refractivity contribution in [3.8, 4) is 0 Å². The SMILES string of the molecule is CCSc1nnc(SC2CCCCNC2=O)s1. The second-order valence-corrected chi connectivity index (χ2v) is 7.60. The summed E-state index contributed by atoms with van der Waals surface area (Å²) in [6.07, 6.45) is 3.12. The Morgan fingerprint density at radius 3 is 3.06 bits per heavy atom. The van der Waals surface area contributed by atoms with Gasteiger partial charge in [-0.15, -0.1) is 10.2 Å². The summed E-state index contributed by atoms with van der Waals surface area (Å²) in [5.41, 5.74) is 0. The van der Waals surface area contributed by atoms with E-state index in [0.29, 0.717) is 0 Å². The molecule has 0 aliphatic carbocycles. The monoisotopic (exact) mass is 289 g/mol. The van der Waals surface area contributed by atoms with Gasteiger partial charge in [-0.1, -0.05) is 48.2 Å². The number of carbonyl (C=O) groups excluding carboxylic acids is 1. The highest BCUT2D eigenvalue weighted by molar-refractivity contribution is 8.03. The Balaban J connectivity index is 1.95. The second-order valence-electron chi connectivity index (χ2n) is 3.66. The first-order valence-electron chi connectivity index (χ1n) is 5.70. The predicted octanol–water partition coefficient (Wildman–Crippen LogP) is 2.41. The summed E-state index contributed by atoms with van der Waals surface area (Å²) < 4.78 is 1.90. The van der Waals surface area contributed by atoms with E-state index in [4.69, 9.17) is 0 Å². The Morgan fingerprint density at radius 1 is 1.41 bits per heavy atom. The van der Waals surface area contributed by atoms with Crippen molar-refractivity contribution < 1.29 is 4.79 Å². The van der Waals surface area contributed by atoms with Gasteiger partial charge in [-0.2, -0.15) is 0 Å². The lowest BCUT2D eigenvalue weighted by molar-refractivity contribution is -0.120. The zero-order chi connectivity index (χ0) is 12.1. The molecule has 94 valence electrons. The molecule has 1 aromatic heterocycles. The highest BCUT2D eigenvalue weighted by atomic mass is 32.2. The lowest BCUT2D eigenvalue weighted by Gasteiger charge is -2.09. The Labute approximate surface area is 113 Å². The summed E-state index contributed by atoms with van der Waals surface area (Å²) in [5.74, 6) is 1.15. The van der Waals surface area contributed by atoms with E-state index in [-0.39, 0.29) is 11.2 Å². The van der Waals surface area contributed by atoms with Gasteiger partial charge >= 0.3 is 0 Å². The van der Waals surface area contributed by atoms with E-state index in [1.54, 1.807) is 34.9 Å². The Bertz CT molecular complexity index is 383. The van der Waals surface area contributed by atoms with Crippen molar-refractivity contribution in [1.82, 2.24) is 15.5 Å². The number of thioether (sulfide) groups is 2. The number of aromatic nitrogens is 2. The maximum atomic E-state index is 11.8. The summed E-state index contributed by atoms with van der Waals surface area (Å²) in [6, 6.07) is 0. The molecule has 7 heteroatoms. The molecule has 2 rings (SSSR count). The molecule has 1 saturated heterocycles. The van der Waals surface area contributed by atoms with Gasteiger partial charge in [0.1, 0.15) is 0 Å². The van der Waals surface area contributed by atoms with Gasteiger partial charge in [-0.3, -0.25) is 4.79 Å². The predicted molar refractivity (Wildman–Crippen MR) is 72.8 cm³/mol. The number of nitrogens with zero attached hydrogens (tertiary/aromatic N) is 2. The summed E-state index contributed by atoms with van der Waals surface area (Å²) in [5, 5.41) is 11.2. The van der Waals surface area contributed by atoms with Gasteiger partial charge in [0.2, 0.25) is 5.91 Å². The molecule has 0 saturated carbocycles. The molecular formula is C10H15N3OS3. The number of amides is 1. The summed E-state index contributed by atoms with van der Waals surface area (Å²) >= 11 is 4.83. The molecule has 0 aromatic carbocycles. The number of hydrogen-bond acceptors (Lipinski definition) is 6. The minimum atomic E-state index is 0.00456. The zero-order valence-electron chi connectivity index (χ0n) is 9.64. The van der Waals surface area contributed by atoms with Crippen LogP contribution in [0.15, 0.2) is 8.68 Å². The van der Waals surface area contributed by atoms with Gasteiger partial charge in [0.05, 0.1) is 5.25 Å². The van der Waals surface area contributed by atoms with Crippen LogP contribution >= 0.6 is 34.9 Å². The van der Waals surface area contributed by atoms with Crippen molar-refractivity contribution in [2.24, 2.45) is 0 Å². The van der Waals surface area contributed by atoms with Crippen LogP contribution in [0.5, 0.6) is 0 Å². The quantitative estimate of drug-likeness (QED) is 0.863. The largest absolute Gasteiger partial charge is 0.355 e. The standard InChI is InChI=1S/C10H15N3OS3/c1-2-15-9-12-13-10(17-9)16-7-5-3-4-6-11-8(7)14/h7H,2-6H2,1H3,(H,11,14). The lowest BCUT2D eigenvalue weighted by atomic mass is 10.2. The highest BCUT2D eigenvalue weighted by Gasteiger charge is 2.23. The summed E-state index contributed by atoms with van der Waals surface area (Å²) in [6.45, 7) is 2.90. The molecule has 2 heterocycles. The Kier molecular flexibility index (Phi) is 5.12. The number of carbonyl (C=O) groups is 1. The molecule has 0 spiro atoms. The van der Waals surface area contributed by atoms with Crippen LogP contribution in [0, 0.1) is 0 Å². The molecule has 1 atom stereocenters. The van der Waals surface area contributed by atoms with E-state index < -0.39 is 0 Å². The average molecular weight is 289 g/mol. The first-order chi connectivity index (χ1) is 8.29. The molecule has 1 amide bonds. The molecule has 1 unspecified atom stereocenters. The van der Waals surface area contributed by atoms with Crippen molar-refractivity contribution >= 4 is 40.8 Å². The maximum Gasteiger partial charge on any atom is 0.233 e. The molecule has 1 aliphatic rings. The van der Waals surface area contributed by atoms with Crippen LogP contribution in [0.25, 0.3) is 0 Å². The van der Waals surface area contributed by atoms with Gasteiger partial charge in [0.25, 0.3) is 0 Å². The lowest BCUT2D eigenvalue weighted by Crippen LogP contribution is -2.30. The third-order valence-electron chi connectivity index (χ3n) is 2.38. The van der Waals surface area contributed by atoms with Crippen molar-refractivity contribution in [3.05, 3.63) is 0 Å². The van der Waals surface area contributed by atoms with E-state index >= 15 is 0 Å². The van der Waals surface area contributed by atoms with Crippen LogP contribution in [0.2, 0.25) is 0 Å². The van der Waals surface area contributed by atoms with E-state index in [0.717, 1.165) is 40.2 Å². The van der Waals surface area contributed by atoms with Gasteiger partial charge in [0.15, 0.2) is 8.68 Å². The minimum absolute atomic E-state index is 0.00456. The van der Waals surface area contributed by atoms with Gasteiger partial charge in [0, 0.05) is 6.54 Å². The number of nitrogens with one attached hydrogen (secondary N) is 1. The number of rotatable bonds is 4. The summed E-state index contributed by atoms with van der Waals surface area (Å²) in [4.78, 5) is 11.8. The average Bonchev–Trinajstić information content (AvgIpc) is 2.65. The summed E-state index contributed by atoms with van der Waals surface area (Å²) in [7, 11) is 0. The van der Waals surface area contributed by atoms with Crippen LogP contribution in [-0.4, -0.2) is 33.7 Å².